The second-order valence-electron chi connectivity index (χ2n) is 7.44. The van der Waals surface area contributed by atoms with Gasteiger partial charge in [0.1, 0.15) is 0 Å². The number of carbonyl (C=O) groups excluding carboxylic acids is 2. The van der Waals surface area contributed by atoms with E-state index in [4.69, 9.17) is 0 Å². The number of rotatable bonds is 6. The minimum absolute atomic E-state index is 0.206. The van der Waals surface area contributed by atoms with Crippen molar-refractivity contribution in [3.8, 4) is 0 Å². The van der Waals surface area contributed by atoms with Gasteiger partial charge in [-0.25, -0.2) is 8.42 Å². The van der Waals surface area contributed by atoms with E-state index in [9.17, 15) is 18.0 Å². The molecule has 1 fully saturated rings. The zero-order valence-electron chi connectivity index (χ0n) is 17.0. The van der Waals surface area contributed by atoms with Crippen LogP contribution in [-0.2, 0) is 19.6 Å². The molecule has 0 aromatic heterocycles. The molecule has 160 valence electrons. The summed E-state index contributed by atoms with van der Waals surface area (Å²) in [4.78, 5) is 24.4. The van der Waals surface area contributed by atoms with Crippen molar-refractivity contribution in [1.82, 2.24) is 9.62 Å². The van der Waals surface area contributed by atoms with E-state index in [1.165, 1.54) is 4.31 Å². The van der Waals surface area contributed by atoms with Crippen LogP contribution in [0.4, 0.5) is 5.69 Å². The summed E-state index contributed by atoms with van der Waals surface area (Å²) in [7, 11) is -3.59. The third-order valence-electron chi connectivity index (χ3n) is 5.20. The van der Waals surface area contributed by atoms with E-state index < -0.39 is 21.8 Å². The third-order valence-corrected chi connectivity index (χ3v) is 7.17. The van der Waals surface area contributed by atoms with E-state index in [2.05, 4.69) is 10.6 Å². The summed E-state index contributed by atoms with van der Waals surface area (Å²) < 4.78 is 27.7. The fraction of sp³-hybridized carbons (Fsp3) is 0.364. The van der Waals surface area contributed by atoms with Gasteiger partial charge in [-0.2, -0.15) is 4.31 Å². The average Bonchev–Trinajstić information content (AvgIpc) is 2.75. The van der Waals surface area contributed by atoms with Crippen molar-refractivity contribution in [2.45, 2.75) is 43.5 Å². The standard InChI is InChI=1S/C22H27N3O4S/c1-17-10-12-20(13-11-17)30(28,29)25-16-6-5-9-19(25)14-15-23-21(26)22(27)24-18-7-3-2-4-8-18/h2-4,7-8,10-13,19H,5-6,9,14-16H2,1H3,(H,23,26)(H,24,27). The molecule has 0 bridgehead atoms. The highest BCUT2D eigenvalue weighted by atomic mass is 32.2. The Hall–Kier alpha value is -2.71. The van der Waals surface area contributed by atoms with Gasteiger partial charge in [0.15, 0.2) is 0 Å². The number of aryl methyl sites for hydroxylation is 1. The van der Waals surface area contributed by atoms with Gasteiger partial charge in [0.25, 0.3) is 0 Å². The van der Waals surface area contributed by atoms with Gasteiger partial charge in [0.05, 0.1) is 4.90 Å². The maximum Gasteiger partial charge on any atom is 0.313 e. The smallest absolute Gasteiger partial charge is 0.313 e. The van der Waals surface area contributed by atoms with Crippen molar-refractivity contribution in [2.24, 2.45) is 0 Å². The lowest BCUT2D eigenvalue weighted by Crippen LogP contribution is -2.45. The summed E-state index contributed by atoms with van der Waals surface area (Å²) in [6.45, 7) is 2.60. The molecule has 2 aromatic rings. The van der Waals surface area contributed by atoms with Crippen LogP contribution in [0.3, 0.4) is 0 Å². The predicted octanol–water partition coefficient (Wildman–Crippen LogP) is 2.68. The van der Waals surface area contributed by atoms with Crippen molar-refractivity contribution in [2.75, 3.05) is 18.4 Å². The molecule has 0 aliphatic carbocycles. The van der Waals surface area contributed by atoms with Crippen molar-refractivity contribution >= 4 is 27.5 Å². The molecule has 0 spiro atoms. The Morgan fingerprint density at radius 1 is 1.00 bits per heavy atom. The van der Waals surface area contributed by atoms with Gasteiger partial charge in [0.2, 0.25) is 10.0 Å². The Labute approximate surface area is 177 Å². The fourth-order valence-corrected chi connectivity index (χ4v) is 5.29. The molecule has 2 amide bonds. The van der Waals surface area contributed by atoms with Crippen molar-refractivity contribution in [1.29, 1.82) is 0 Å². The Bertz CT molecular complexity index is 975. The number of anilines is 1. The molecule has 30 heavy (non-hydrogen) atoms. The first-order valence-electron chi connectivity index (χ1n) is 10.1. The first-order chi connectivity index (χ1) is 14.4. The zero-order chi connectivity index (χ0) is 21.6. The van der Waals surface area contributed by atoms with Gasteiger partial charge in [-0.3, -0.25) is 9.59 Å². The summed E-state index contributed by atoms with van der Waals surface area (Å²) in [6.07, 6.45) is 2.94. The maximum absolute atomic E-state index is 13.1. The van der Waals surface area contributed by atoms with Crippen LogP contribution in [0, 0.1) is 6.92 Å². The summed E-state index contributed by atoms with van der Waals surface area (Å²) in [5.41, 5.74) is 1.54. The number of benzene rings is 2. The first-order valence-corrected chi connectivity index (χ1v) is 11.5. The van der Waals surface area contributed by atoms with Crippen LogP contribution in [-0.4, -0.2) is 43.7 Å². The second kappa shape index (κ2) is 9.86. The molecule has 1 aliphatic heterocycles. The highest BCUT2D eigenvalue weighted by Gasteiger charge is 2.33. The molecule has 1 saturated heterocycles. The van der Waals surface area contributed by atoms with E-state index in [1.54, 1.807) is 48.5 Å². The number of piperidine rings is 1. The Morgan fingerprint density at radius 2 is 1.70 bits per heavy atom. The molecular formula is C22H27N3O4S. The van der Waals surface area contributed by atoms with Gasteiger partial charge < -0.3 is 10.6 Å². The molecule has 8 heteroatoms. The van der Waals surface area contributed by atoms with Crippen LogP contribution in [0.2, 0.25) is 0 Å². The normalized spacial score (nSPS) is 17.3. The number of hydrogen-bond donors (Lipinski definition) is 2. The molecule has 0 saturated carbocycles. The third kappa shape index (κ3) is 5.46. The van der Waals surface area contributed by atoms with Crippen LogP contribution in [0.1, 0.15) is 31.2 Å². The summed E-state index contributed by atoms with van der Waals surface area (Å²) in [6, 6.07) is 15.4. The van der Waals surface area contributed by atoms with E-state index in [0.717, 1.165) is 24.8 Å². The summed E-state index contributed by atoms with van der Waals surface area (Å²) in [5, 5.41) is 5.13. The summed E-state index contributed by atoms with van der Waals surface area (Å²) >= 11 is 0. The van der Waals surface area contributed by atoms with Crippen LogP contribution in [0.15, 0.2) is 59.5 Å². The number of carbonyl (C=O) groups is 2. The Kier molecular flexibility index (Phi) is 7.23. The minimum Gasteiger partial charge on any atom is -0.348 e. The van der Waals surface area contributed by atoms with Crippen LogP contribution < -0.4 is 10.6 Å². The number of amides is 2. The van der Waals surface area contributed by atoms with Crippen molar-refractivity contribution in [3.63, 3.8) is 0 Å². The number of sulfonamides is 1. The highest BCUT2D eigenvalue weighted by molar-refractivity contribution is 7.89. The van der Waals surface area contributed by atoms with Crippen LogP contribution in [0.25, 0.3) is 0 Å². The largest absolute Gasteiger partial charge is 0.348 e. The lowest BCUT2D eigenvalue weighted by atomic mass is 10.0. The maximum atomic E-state index is 13.1. The first kappa shape index (κ1) is 22.0. The van der Waals surface area contributed by atoms with E-state index >= 15 is 0 Å². The Balaban J connectivity index is 1.57. The highest BCUT2D eigenvalue weighted by Crippen LogP contribution is 2.27. The minimum atomic E-state index is -3.59. The van der Waals surface area contributed by atoms with Gasteiger partial charge in [0, 0.05) is 24.8 Å². The van der Waals surface area contributed by atoms with Crippen LogP contribution in [0.5, 0.6) is 0 Å². The van der Waals surface area contributed by atoms with Gasteiger partial charge >= 0.3 is 11.8 Å². The van der Waals surface area contributed by atoms with Gasteiger partial charge in [-0.1, -0.05) is 42.3 Å². The lowest BCUT2D eigenvalue weighted by molar-refractivity contribution is -0.136. The van der Waals surface area contributed by atoms with Gasteiger partial charge in [-0.15, -0.1) is 0 Å². The molecule has 1 unspecified atom stereocenters. The molecule has 3 rings (SSSR count). The van der Waals surface area contributed by atoms with Crippen molar-refractivity contribution < 1.29 is 18.0 Å². The quantitative estimate of drug-likeness (QED) is 0.690. The molecule has 2 aromatic carbocycles. The molecule has 7 nitrogen and oxygen atoms in total. The lowest BCUT2D eigenvalue weighted by Gasteiger charge is -2.34. The summed E-state index contributed by atoms with van der Waals surface area (Å²) in [5.74, 6) is -1.48. The number of nitrogens with one attached hydrogen (secondary N) is 2. The monoisotopic (exact) mass is 429 g/mol. The van der Waals surface area contributed by atoms with Gasteiger partial charge in [-0.05, 0) is 50.5 Å². The van der Waals surface area contributed by atoms with E-state index in [1.807, 2.05) is 13.0 Å². The molecule has 1 heterocycles. The van der Waals surface area contributed by atoms with Crippen molar-refractivity contribution in [3.05, 3.63) is 60.2 Å². The van der Waals surface area contributed by atoms with Crippen LogP contribution >= 0.6 is 0 Å². The Morgan fingerprint density at radius 3 is 2.40 bits per heavy atom. The molecular weight excluding hydrogens is 402 g/mol. The average molecular weight is 430 g/mol. The number of para-hydroxylation sites is 1. The van der Waals surface area contributed by atoms with E-state index in [-0.39, 0.29) is 17.5 Å². The second-order valence-corrected chi connectivity index (χ2v) is 9.33. The zero-order valence-corrected chi connectivity index (χ0v) is 17.8. The molecule has 2 N–H and O–H groups in total. The predicted molar refractivity (Wildman–Crippen MR) is 115 cm³/mol. The fourth-order valence-electron chi connectivity index (χ4n) is 3.57. The number of hydrogen-bond acceptors (Lipinski definition) is 4. The van der Waals surface area contributed by atoms with E-state index in [0.29, 0.717) is 18.7 Å². The SMILES string of the molecule is Cc1ccc(S(=O)(=O)N2CCCCC2CCNC(=O)C(=O)Nc2ccccc2)cc1. The topological polar surface area (TPSA) is 95.6 Å². The number of nitrogens with zero attached hydrogens (tertiary/aromatic N) is 1. The molecule has 1 aliphatic rings. The molecule has 0 radical (unpaired) electrons. The molecule has 1 atom stereocenters.